The maximum Gasteiger partial charge on any atom is 0.287 e. The number of hydrogen-bond donors (Lipinski definition) is 1. The number of furan rings is 1. The highest BCUT2D eigenvalue weighted by Gasteiger charge is 2.27. The normalized spacial score (nSPS) is 13.9. The van der Waals surface area contributed by atoms with Gasteiger partial charge in [0.2, 0.25) is 0 Å². The Labute approximate surface area is 165 Å². The zero-order chi connectivity index (χ0) is 19.5. The molecular weight excluding hydrogens is 350 g/mol. The van der Waals surface area contributed by atoms with E-state index < -0.39 is 0 Å². The molecule has 5 heteroatoms. The summed E-state index contributed by atoms with van der Waals surface area (Å²) in [6.45, 7) is 1.45. The van der Waals surface area contributed by atoms with Crippen molar-refractivity contribution in [2.45, 2.75) is 12.5 Å². The van der Waals surface area contributed by atoms with E-state index in [2.05, 4.69) is 63.6 Å². The first-order chi connectivity index (χ1) is 13.6. The molecule has 0 fully saturated rings. The van der Waals surface area contributed by atoms with Crippen molar-refractivity contribution in [3.05, 3.63) is 83.8 Å². The van der Waals surface area contributed by atoms with Gasteiger partial charge in [0.15, 0.2) is 5.76 Å². The summed E-state index contributed by atoms with van der Waals surface area (Å²) in [6, 6.07) is 20.5. The van der Waals surface area contributed by atoms with E-state index in [9.17, 15) is 4.79 Å². The summed E-state index contributed by atoms with van der Waals surface area (Å²) in [5.41, 5.74) is 4.94. The van der Waals surface area contributed by atoms with Crippen LogP contribution >= 0.6 is 0 Å². The fraction of sp³-hybridized carbons (Fsp3) is 0.261. The summed E-state index contributed by atoms with van der Waals surface area (Å²) in [4.78, 5) is 16.9. The Morgan fingerprint density at radius 3 is 2.61 bits per heavy atom. The fourth-order valence-corrected chi connectivity index (χ4v) is 3.77. The van der Waals surface area contributed by atoms with Crippen molar-refractivity contribution in [1.29, 1.82) is 0 Å². The van der Waals surface area contributed by atoms with E-state index in [1.54, 1.807) is 12.1 Å². The topological polar surface area (TPSA) is 48.7 Å². The average Bonchev–Trinajstić information content (AvgIpc) is 3.39. The average molecular weight is 375 g/mol. The molecule has 2 aromatic carbocycles. The monoisotopic (exact) mass is 375 g/mol. The lowest BCUT2D eigenvalue weighted by molar-refractivity contribution is 0.0923. The van der Waals surface area contributed by atoms with E-state index >= 15 is 0 Å². The Morgan fingerprint density at radius 2 is 1.89 bits per heavy atom. The summed E-state index contributed by atoms with van der Waals surface area (Å²) < 4.78 is 5.23. The van der Waals surface area contributed by atoms with Gasteiger partial charge in [-0.25, -0.2) is 0 Å². The van der Waals surface area contributed by atoms with Gasteiger partial charge >= 0.3 is 0 Å². The number of benzene rings is 2. The number of anilines is 2. The third-order valence-electron chi connectivity index (χ3n) is 5.29. The highest BCUT2D eigenvalue weighted by Crippen LogP contribution is 2.35. The Morgan fingerprint density at radius 1 is 1.11 bits per heavy atom. The minimum absolute atomic E-state index is 0.0544. The van der Waals surface area contributed by atoms with Crippen LogP contribution in [-0.2, 0) is 6.42 Å². The van der Waals surface area contributed by atoms with Crippen LogP contribution in [0.3, 0.4) is 0 Å². The van der Waals surface area contributed by atoms with Crippen LogP contribution in [0, 0.1) is 0 Å². The van der Waals surface area contributed by atoms with Crippen LogP contribution in [0.4, 0.5) is 11.4 Å². The van der Waals surface area contributed by atoms with Crippen molar-refractivity contribution in [2.24, 2.45) is 0 Å². The molecule has 0 unspecified atom stereocenters. The van der Waals surface area contributed by atoms with Crippen molar-refractivity contribution < 1.29 is 9.21 Å². The predicted octanol–water partition coefficient (Wildman–Crippen LogP) is 3.88. The van der Waals surface area contributed by atoms with E-state index in [0.717, 1.165) is 18.7 Å². The molecule has 0 radical (unpaired) electrons. The molecule has 1 amide bonds. The molecule has 0 spiro atoms. The lowest BCUT2D eigenvalue weighted by atomic mass is 10.0. The van der Waals surface area contributed by atoms with Gasteiger partial charge in [0.1, 0.15) is 0 Å². The lowest BCUT2D eigenvalue weighted by Crippen LogP contribution is -2.37. The van der Waals surface area contributed by atoms with Crippen LogP contribution in [0.2, 0.25) is 0 Å². The molecule has 0 saturated carbocycles. The first-order valence-electron chi connectivity index (χ1n) is 9.57. The Kier molecular flexibility index (Phi) is 5.06. The van der Waals surface area contributed by atoms with Crippen LogP contribution < -0.4 is 15.1 Å². The van der Waals surface area contributed by atoms with E-state index in [0.29, 0.717) is 12.3 Å². The maximum absolute atomic E-state index is 12.4. The van der Waals surface area contributed by atoms with E-state index in [1.165, 1.54) is 23.1 Å². The molecule has 1 aliphatic heterocycles. The van der Waals surface area contributed by atoms with Crippen molar-refractivity contribution >= 4 is 17.3 Å². The van der Waals surface area contributed by atoms with Gasteiger partial charge in [0.05, 0.1) is 12.3 Å². The van der Waals surface area contributed by atoms with Crippen molar-refractivity contribution in [3.63, 3.8) is 0 Å². The Balaban J connectivity index is 1.60. The zero-order valence-corrected chi connectivity index (χ0v) is 16.3. The SMILES string of the molecule is CN(C)c1ccc([C@@H](CNC(=O)c2ccco2)N2CCc3ccccc32)cc1. The molecular formula is C23H25N3O2. The van der Waals surface area contributed by atoms with Crippen LogP contribution in [0.15, 0.2) is 71.3 Å². The first kappa shape index (κ1) is 18.2. The van der Waals surface area contributed by atoms with Crippen LogP contribution in [-0.4, -0.2) is 33.1 Å². The minimum atomic E-state index is -0.188. The van der Waals surface area contributed by atoms with Crippen LogP contribution in [0.1, 0.15) is 27.7 Å². The van der Waals surface area contributed by atoms with Crippen LogP contribution in [0.5, 0.6) is 0 Å². The van der Waals surface area contributed by atoms with E-state index in [-0.39, 0.29) is 11.9 Å². The molecule has 0 saturated heterocycles. The third kappa shape index (κ3) is 3.60. The van der Waals surface area contributed by atoms with Gasteiger partial charge in [0.25, 0.3) is 5.91 Å². The highest BCUT2D eigenvalue weighted by molar-refractivity contribution is 5.91. The largest absolute Gasteiger partial charge is 0.459 e. The van der Waals surface area contributed by atoms with Gasteiger partial charge < -0.3 is 19.5 Å². The molecule has 4 rings (SSSR count). The molecule has 1 aromatic heterocycles. The van der Waals surface area contributed by atoms with Gasteiger partial charge in [-0.1, -0.05) is 30.3 Å². The Bertz CT molecular complexity index is 933. The van der Waals surface area contributed by atoms with Gasteiger partial charge in [-0.3, -0.25) is 4.79 Å². The van der Waals surface area contributed by atoms with Crippen molar-refractivity contribution in [1.82, 2.24) is 5.32 Å². The number of rotatable bonds is 6. The van der Waals surface area contributed by atoms with E-state index in [4.69, 9.17) is 4.42 Å². The second kappa shape index (κ2) is 7.80. The number of fused-ring (bicyclic) bond motifs is 1. The standard InChI is InChI=1S/C23H25N3O2/c1-25(2)19-11-9-18(10-12-19)21(16-24-23(27)22-8-5-15-28-22)26-14-13-17-6-3-4-7-20(17)26/h3-12,15,21H,13-14,16H2,1-2H3,(H,24,27)/t21-/m1/s1. The molecule has 5 nitrogen and oxygen atoms in total. The first-order valence-corrected chi connectivity index (χ1v) is 9.57. The number of para-hydroxylation sites is 1. The number of nitrogens with zero attached hydrogens (tertiary/aromatic N) is 2. The van der Waals surface area contributed by atoms with Crippen molar-refractivity contribution in [3.8, 4) is 0 Å². The number of carbonyl (C=O) groups excluding carboxylic acids is 1. The van der Waals surface area contributed by atoms with Crippen LogP contribution in [0.25, 0.3) is 0 Å². The van der Waals surface area contributed by atoms with Gasteiger partial charge in [-0.15, -0.1) is 0 Å². The number of amides is 1. The molecule has 2 heterocycles. The summed E-state index contributed by atoms with van der Waals surface area (Å²) in [6.07, 6.45) is 2.54. The second-order valence-corrected chi connectivity index (χ2v) is 7.26. The number of hydrogen-bond acceptors (Lipinski definition) is 4. The molecule has 3 aromatic rings. The second-order valence-electron chi connectivity index (χ2n) is 7.26. The quantitative estimate of drug-likeness (QED) is 0.710. The van der Waals surface area contributed by atoms with E-state index in [1.807, 2.05) is 14.1 Å². The molecule has 1 N–H and O–H groups in total. The van der Waals surface area contributed by atoms with Gasteiger partial charge in [0, 0.05) is 38.6 Å². The Hall–Kier alpha value is -3.21. The summed E-state index contributed by atoms with van der Waals surface area (Å²) in [7, 11) is 4.07. The molecule has 144 valence electrons. The summed E-state index contributed by atoms with van der Waals surface area (Å²) in [5.74, 6) is 0.149. The molecule has 0 aliphatic carbocycles. The number of nitrogens with one attached hydrogen (secondary N) is 1. The predicted molar refractivity (Wildman–Crippen MR) is 112 cm³/mol. The smallest absolute Gasteiger partial charge is 0.287 e. The molecule has 0 bridgehead atoms. The fourth-order valence-electron chi connectivity index (χ4n) is 3.77. The van der Waals surface area contributed by atoms with Gasteiger partial charge in [-0.05, 0) is 47.9 Å². The maximum atomic E-state index is 12.4. The van der Waals surface area contributed by atoms with Crippen molar-refractivity contribution in [2.75, 3.05) is 37.0 Å². The third-order valence-corrected chi connectivity index (χ3v) is 5.29. The zero-order valence-electron chi connectivity index (χ0n) is 16.3. The molecule has 28 heavy (non-hydrogen) atoms. The highest BCUT2D eigenvalue weighted by atomic mass is 16.3. The molecule has 1 atom stereocenters. The molecule has 1 aliphatic rings. The van der Waals surface area contributed by atoms with Gasteiger partial charge in [-0.2, -0.15) is 0 Å². The summed E-state index contributed by atoms with van der Waals surface area (Å²) >= 11 is 0. The summed E-state index contributed by atoms with van der Waals surface area (Å²) in [5, 5.41) is 3.04. The minimum Gasteiger partial charge on any atom is -0.459 e. The lowest BCUT2D eigenvalue weighted by Gasteiger charge is -2.31. The number of carbonyl (C=O) groups is 1.